The molecule has 30 heavy (non-hydrogen) atoms. The maximum absolute atomic E-state index is 11.2. The Kier molecular flexibility index (Phi) is 7.79. The first-order valence-electron chi connectivity index (χ1n) is 10.9. The van der Waals surface area contributed by atoms with Crippen molar-refractivity contribution in [1.82, 2.24) is 4.90 Å². The third-order valence-corrected chi connectivity index (χ3v) is 6.11. The molecule has 1 unspecified atom stereocenters. The maximum atomic E-state index is 11.2. The van der Waals surface area contributed by atoms with E-state index in [1.165, 1.54) is 16.7 Å². The molecule has 4 nitrogen and oxygen atoms in total. The monoisotopic (exact) mass is 428 g/mol. The van der Waals surface area contributed by atoms with Crippen molar-refractivity contribution >= 4 is 23.1 Å². The molecule has 0 saturated carbocycles. The quantitative estimate of drug-likeness (QED) is 0.507. The van der Waals surface area contributed by atoms with Gasteiger partial charge in [0, 0.05) is 24.6 Å². The van der Waals surface area contributed by atoms with Crippen LogP contribution < -0.4 is 10.1 Å². The molecular formula is C25H33ClN2O2. The van der Waals surface area contributed by atoms with Crippen molar-refractivity contribution in [3.05, 3.63) is 57.6 Å². The summed E-state index contributed by atoms with van der Waals surface area (Å²) in [6, 6.07) is 10.9. The molecular weight excluding hydrogens is 396 g/mol. The molecule has 0 aromatic heterocycles. The SMILES string of the molecule is CCOc1cc(NC2CCc3c(C)cccc32)c(Cl)cc1CN(C)CCCC(C)=O. The summed E-state index contributed by atoms with van der Waals surface area (Å²) in [5.74, 6) is 1.10. The number of Topliss-reactive ketones (excluding diaryl/α,β-unsaturated/α-hetero) is 1. The Morgan fingerprint density at radius 1 is 1.33 bits per heavy atom. The minimum Gasteiger partial charge on any atom is -0.493 e. The van der Waals surface area contributed by atoms with E-state index in [0.717, 1.165) is 49.4 Å². The van der Waals surface area contributed by atoms with E-state index in [0.29, 0.717) is 18.1 Å². The van der Waals surface area contributed by atoms with Crippen molar-refractivity contribution in [2.24, 2.45) is 0 Å². The van der Waals surface area contributed by atoms with Gasteiger partial charge in [0.05, 0.1) is 23.4 Å². The highest BCUT2D eigenvalue weighted by molar-refractivity contribution is 6.33. The summed E-state index contributed by atoms with van der Waals surface area (Å²) < 4.78 is 5.95. The molecule has 0 amide bonds. The fourth-order valence-corrected chi connectivity index (χ4v) is 4.50. The Morgan fingerprint density at radius 3 is 2.87 bits per heavy atom. The highest BCUT2D eigenvalue weighted by Crippen LogP contribution is 2.39. The average molecular weight is 429 g/mol. The fraction of sp³-hybridized carbons (Fsp3) is 0.480. The number of hydrogen-bond donors (Lipinski definition) is 1. The molecule has 162 valence electrons. The molecule has 2 aromatic carbocycles. The zero-order valence-corrected chi connectivity index (χ0v) is 19.3. The van der Waals surface area contributed by atoms with Crippen LogP contribution in [0.15, 0.2) is 30.3 Å². The minimum absolute atomic E-state index is 0.237. The Labute approximate surface area is 185 Å². The molecule has 0 bridgehead atoms. The van der Waals surface area contributed by atoms with Gasteiger partial charge in [-0.25, -0.2) is 0 Å². The first-order chi connectivity index (χ1) is 14.4. The number of carbonyl (C=O) groups is 1. The van der Waals surface area contributed by atoms with Crippen LogP contribution >= 0.6 is 11.6 Å². The molecule has 0 spiro atoms. The highest BCUT2D eigenvalue weighted by atomic mass is 35.5. The van der Waals surface area contributed by atoms with Crippen LogP contribution in [0.3, 0.4) is 0 Å². The van der Waals surface area contributed by atoms with Crippen LogP contribution in [0.5, 0.6) is 5.75 Å². The van der Waals surface area contributed by atoms with E-state index in [9.17, 15) is 4.79 Å². The smallest absolute Gasteiger partial charge is 0.129 e. The first kappa shape index (κ1) is 22.6. The number of carbonyl (C=O) groups excluding carboxylic acids is 1. The maximum Gasteiger partial charge on any atom is 0.129 e. The van der Waals surface area contributed by atoms with Crippen molar-refractivity contribution in [1.29, 1.82) is 0 Å². The number of halogens is 1. The van der Waals surface area contributed by atoms with Gasteiger partial charge in [0.15, 0.2) is 0 Å². The van der Waals surface area contributed by atoms with E-state index in [4.69, 9.17) is 16.3 Å². The lowest BCUT2D eigenvalue weighted by molar-refractivity contribution is -0.117. The van der Waals surface area contributed by atoms with Crippen LogP contribution in [0.1, 0.15) is 61.4 Å². The molecule has 1 aliphatic rings. The predicted octanol–water partition coefficient (Wildman–Crippen LogP) is 5.95. The normalized spacial score (nSPS) is 15.3. The standard InChI is InChI=1S/C25H33ClN2O2/c1-5-30-25-15-24(27-23-12-11-20-17(2)8-6-10-21(20)23)22(26)14-19(25)16-28(4)13-7-9-18(3)29/h6,8,10,14-15,23,27H,5,7,9,11-13,16H2,1-4H3. The summed E-state index contributed by atoms with van der Waals surface area (Å²) in [5, 5.41) is 4.37. The van der Waals surface area contributed by atoms with Crippen LogP contribution in [0.25, 0.3) is 0 Å². The number of ketones is 1. The van der Waals surface area contributed by atoms with Gasteiger partial charge in [-0.15, -0.1) is 0 Å². The molecule has 3 rings (SSSR count). The van der Waals surface area contributed by atoms with Crippen LogP contribution in [-0.2, 0) is 17.8 Å². The van der Waals surface area contributed by atoms with Crippen molar-refractivity contribution in [2.45, 2.75) is 59.0 Å². The van der Waals surface area contributed by atoms with Crippen molar-refractivity contribution in [3.8, 4) is 5.75 Å². The van der Waals surface area contributed by atoms with Gasteiger partial charge in [0.1, 0.15) is 11.5 Å². The van der Waals surface area contributed by atoms with Gasteiger partial charge in [-0.05, 0) is 76.4 Å². The summed E-state index contributed by atoms with van der Waals surface area (Å²) in [5.41, 5.74) is 6.18. The van der Waals surface area contributed by atoms with Crippen molar-refractivity contribution < 1.29 is 9.53 Å². The van der Waals surface area contributed by atoms with Gasteiger partial charge < -0.3 is 19.7 Å². The molecule has 0 heterocycles. The molecule has 0 aliphatic heterocycles. The zero-order valence-electron chi connectivity index (χ0n) is 18.6. The van der Waals surface area contributed by atoms with E-state index in [2.05, 4.69) is 42.4 Å². The van der Waals surface area contributed by atoms with E-state index in [-0.39, 0.29) is 11.8 Å². The number of benzene rings is 2. The molecule has 5 heteroatoms. The Balaban J connectivity index is 1.75. The summed E-state index contributed by atoms with van der Waals surface area (Å²) in [4.78, 5) is 13.4. The van der Waals surface area contributed by atoms with Crippen LogP contribution in [0.4, 0.5) is 5.69 Å². The molecule has 0 radical (unpaired) electrons. The number of aryl methyl sites for hydroxylation is 1. The Bertz CT molecular complexity index is 897. The number of ether oxygens (including phenoxy) is 1. The second-order valence-electron chi connectivity index (χ2n) is 8.29. The fourth-order valence-electron chi connectivity index (χ4n) is 4.26. The van der Waals surface area contributed by atoms with E-state index < -0.39 is 0 Å². The number of hydrogen-bond acceptors (Lipinski definition) is 4. The topological polar surface area (TPSA) is 41.6 Å². The van der Waals surface area contributed by atoms with Gasteiger partial charge in [-0.2, -0.15) is 0 Å². The molecule has 1 N–H and O–H groups in total. The summed E-state index contributed by atoms with van der Waals surface area (Å²) in [7, 11) is 2.06. The van der Waals surface area contributed by atoms with Gasteiger partial charge in [0.2, 0.25) is 0 Å². The third-order valence-electron chi connectivity index (χ3n) is 5.79. The number of anilines is 1. The second kappa shape index (κ2) is 10.3. The van der Waals surface area contributed by atoms with Crippen molar-refractivity contribution in [3.63, 3.8) is 0 Å². The predicted molar refractivity (Wildman–Crippen MR) is 125 cm³/mol. The largest absolute Gasteiger partial charge is 0.493 e. The van der Waals surface area contributed by atoms with Crippen LogP contribution in [0, 0.1) is 6.92 Å². The number of nitrogens with one attached hydrogen (secondary N) is 1. The summed E-state index contributed by atoms with van der Waals surface area (Å²) in [6.07, 6.45) is 3.65. The van der Waals surface area contributed by atoms with E-state index in [1.54, 1.807) is 6.92 Å². The average Bonchev–Trinajstić information content (AvgIpc) is 3.09. The first-order valence-corrected chi connectivity index (χ1v) is 11.2. The number of fused-ring (bicyclic) bond motifs is 1. The van der Waals surface area contributed by atoms with Crippen LogP contribution in [-0.4, -0.2) is 30.9 Å². The molecule has 1 atom stereocenters. The Hall–Kier alpha value is -2.04. The lowest BCUT2D eigenvalue weighted by atomic mass is 10.0. The minimum atomic E-state index is 0.237. The van der Waals surface area contributed by atoms with E-state index in [1.807, 2.05) is 19.1 Å². The van der Waals surface area contributed by atoms with E-state index >= 15 is 0 Å². The third kappa shape index (κ3) is 5.55. The molecule has 2 aromatic rings. The molecule has 0 saturated heterocycles. The lowest BCUT2D eigenvalue weighted by Crippen LogP contribution is -2.20. The molecule has 0 fully saturated rings. The number of rotatable bonds is 10. The highest BCUT2D eigenvalue weighted by Gasteiger charge is 2.24. The summed E-state index contributed by atoms with van der Waals surface area (Å²) in [6.45, 7) is 8.02. The van der Waals surface area contributed by atoms with Crippen molar-refractivity contribution in [2.75, 3.05) is 25.5 Å². The zero-order chi connectivity index (χ0) is 21.7. The van der Waals surface area contributed by atoms with Gasteiger partial charge in [0.25, 0.3) is 0 Å². The lowest BCUT2D eigenvalue weighted by Gasteiger charge is -2.22. The van der Waals surface area contributed by atoms with Crippen LogP contribution in [0.2, 0.25) is 5.02 Å². The van der Waals surface area contributed by atoms with Gasteiger partial charge in [-0.1, -0.05) is 29.8 Å². The Morgan fingerprint density at radius 2 is 2.13 bits per heavy atom. The summed E-state index contributed by atoms with van der Waals surface area (Å²) >= 11 is 6.69. The number of nitrogens with zero attached hydrogens (tertiary/aromatic N) is 1. The second-order valence-corrected chi connectivity index (χ2v) is 8.70. The van der Waals surface area contributed by atoms with Gasteiger partial charge in [-0.3, -0.25) is 0 Å². The van der Waals surface area contributed by atoms with Gasteiger partial charge >= 0.3 is 0 Å². The molecule has 1 aliphatic carbocycles.